The van der Waals surface area contributed by atoms with E-state index >= 15 is 0 Å². The van der Waals surface area contributed by atoms with Gasteiger partial charge in [-0.1, -0.05) is 89.7 Å². The molecule has 2 unspecified atom stereocenters. The van der Waals surface area contributed by atoms with Crippen LogP contribution in [0.1, 0.15) is 53.4 Å². The molecule has 1 aliphatic rings. The van der Waals surface area contributed by atoms with Crippen molar-refractivity contribution in [2.45, 2.75) is 77.8 Å². The van der Waals surface area contributed by atoms with E-state index < -0.39 is 8.80 Å². The number of nitrogens with two attached hydrogens (primary N) is 1. The number of hydrogen-bond donors (Lipinski definition) is 1. The average molecular weight is 730 g/mol. The minimum Gasteiger partial charge on any atom is -0.693 e. The van der Waals surface area contributed by atoms with Crippen LogP contribution in [0.15, 0.2) is 48.8 Å². The van der Waals surface area contributed by atoms with Gasteiger partial charge in [-0.15, -0.1) is 5.67 Å². The average Bonchev–Trinajstić information content (AvgIpc) is 2.86. The van der Waals surface area contributed by atoms with Crippen LogP contribution in [0.5, 0.6) is 0 Å². The Bertz CT molecular complexity index is 710. The van der Waals surface area contributed by atoms with Crippen LogP contribution in [0.25, 0.3) is 12.2 Å². The number of unbranched alkanes of at least 4 members (excludes halogenated alkanes) is 1. The van der Waals surface area contributed by atoms with E-state index in [1.54, 1.807) is 0 Å². The second kappa shape index (κ2) is 28.9. The van der Waals surface area contributed by atoms with E-state index in [4.69, 9.17) is 6.17 Å². The third-order valence-electron chi connectivity index (χ3n) is 5.93. The molecule has 0 spiro atoms. The van der Waals surface area contributed by atoms with Gasteiger partial charge in [-0.2, -0.15) is 1.37 Å². The van der Waals surface area contributed by atoms with E-state index in [0.717, 1.165) is 29.9 Å². The number of quaternary nitrogens is 1. The van der Waals surface area contributed by atoms with Crippen molar-refractivity contribution in [2.24, 2.45) is 0 Å². The van der Waals surface area contributed by atoms with Gasteiger partial charge in [0.1, 0.15) is 0 Å². The van der Waals surface area contributed by atoms with Crippen LogP contribution < -0.4 is 5.32 Å². The van der Waals surface area contributed by atoms with Gasteiger partial charge in [0, 0.05) is 52.4 Å². The van der Waals surface area contributed by atoms with Gasteiger partial charge in [0.15, 0.2) is 0 Å². The minimum atomic E-state index is -0.434. The molecule has 8 heteroatoms. The van der Waals surface area contributed by atoms with Crippen molar-refractivity contribution in [1.29, 1.82) is 0 Å². The zero-order chi connectivity index (χ0) is 27.0. The van der Waals surface area contributed by atoms with Crippen molar-refractivity contribution in [1.82, 2.24) is 5.32 Å². The Balaban J connectivity index is -0.000000304. The Labute approximate surface area is 245 Å². The summed E-state index contributed by atoms with van der Waals surface area (Å²) in [6.45, 7) is 21.3. The molecule has 36 heavy (non-hydrogen) atoms. The third kappa shape index (κ3) is 18.5. The quantitative estimate of drug-likeness (QED) is 0.138. The Morgan fingerprint density at radius 3 is 2.19 bits per heavy atom. The molecule has 0 amide bonds. The summed E-state index contributed by atoms with van der Waals surface area (Å²) in [4.78, 5) is 8.35. The second-order valence-corrected chi connectivity index (χ2v) is 19.7. The summed E-state index contributed by atoms with van der Waals surface area (Å²) < 4.78 is 6.56. The predicted molar refractivity (Wildman–Crippen MR) is 170 cm³/mol. The minimum absolute atomic E-state index is 0. The van der Waals surface area contributed by atoms with E-state index in [1.807, 2.05) is 13.2 Å². The van der Waals surface area contributed by atoms with E-state index in [1.165, 1.54) is 37.4 Å². The van der Waals surface area contributed by atoms with Gasteiger partial charge in [-0.25, -0.2) is 0 Å². The summed E-state index contributed by atoms with van der Waals surface area (Å²) in [7, 11) is 1.36. The van der Waals surface area contributed by atoms with Crippen LogP contribution in [0.2, 0.25) is 25.7 Å². The maximum atomic E-state index is 8.35. The zero-order valence-electron chi connectivity index (χ0n) is 25.0. The van der Waals surface area contributed by atoms with Crippen LogP contribution in [0.3, 0.4) is 0 Å². The molecule has 2 atom stereocenters. The van der Waals surface area contributed by atoms with Crippen LogP contribution in [0.4, 0.5) is 0 Å². The third-order valence-corrected chi connectivity index (χ3v) is 15.5. The van der Waals surface area contributed by atoms with E-state index in [-0.39, 0.29) is 44.2 Å². The standard InChI is InChI=1S/C18H31NSi3.C5H11N.C4H10.CHO.H2N.Pt/c1-5-19(13-11-17-9-7-6-8-10-17)14-12-18(19)22(20-2)16-15-21(3)4;1-3-4-5-6-2;1-3-4-2;1-2;;/h6-11,13,16,18,21H,1,5,12,14-15,20H2,2-4H3;4-6H,3H2,1-2H3;3-4H2,1-2H3;1H;1H2;/q;;;2*-1;/b13-11?,22-16-;;;;;/i;;;1D;;. The summed E-state index contributed by atoms with van der Waals surface area (Å²) in [5.41, 5.74) is 5.03. The molecule has 0 aromatic heterocycles. The fourth-order valence-electron chi connectivity index (χ4n) is 3.56. The van der Waals surface area contributed by atoms with Crippen molar-refractivity contribution < 1.29 is 31.7 Å². The van der Waals surface area contributed by atoms with Gasteiger partial charge in [0.2, 0.25) is 0 Å². The maximum Gasteiger partial charge on any atom is 0.0945 e. The number of nitrogens with zero attached hydrogens (tertiary/aromatic N) is 1. The van der Waals surface area contributed by atoms with Crippen molar-refractivity contribution >= 4 is 44.3 Å². The molecule has 1 fully saturated rings. The normalized spacial score (nSPS) is 18.9. The van der Waals surface area contributed by atoms with Gasteiger partial charge >= 0.3 is 0 Å². The first-order valence-electron chi connectivity index (χ1n) is 13.6. The van der Waals surface area contributed by atoms with Gasteiger partial charge in [0.05, 0.1) is 26.3 Å². The van der Waals surface area contributed by atoms with Crippen LogP contribution in [0, 0.1) is 6.92 Å². The number of carbonyl (C=O) groups excluding carboxylic acids is 1. The molecule has 0 bridgehead atoms. The molecular weight excluding hydrogens is 674 g/mol. The van der Waals surface area contributed by atoms with Gasteiger partial charge in [-0.3, -0.25) is 13.7 Å². The molecule has 1 aliphatic heterocycles. The first-order valence-corrected chi connectivity index (χ1v) is 21.6. The number of nitrogens with one attached hydrogen (secondary N) is 1. The first kappa shape index (κ1) is 39.8. The van der Waals surface area contributed by atoms with Gasteiger partial charge in [-0.05, 0) is 36.8 Å². The molecular formula is C28H55N3OPtSi3-2. The van der Waals surface area contributed by atoms with E-state index in [0.29, 0.717) is 0 Å². The molecule has 1 heterocycles. The Morgan fingerprint density at radius 1 is 1.28 bits per heavy atom. The molecule has 1 aromatic carbocycles. The summed E-state index contributed by atoms with van der Waals surface area (Å²) in [6, 6.07) is 12.2. The van der Waals surface area contributed by atoms with Crippen LogP contribution >= 0.6 is 0 Å². The summed E-state index contributed by atoms with van der Waals surface area (Å²) in [5, 5.41) is 2.89. The molecule has 1 aromatic rings. The Morgan fingerprint density at radius 2 is 1.86 bits per heavy atom. The summed E-state index contributed by atoms with van der Waals surface area (Å²) >= 11 is 0. The van der Waals surface area contributed by atoms with E-state index in [2.05, 4.69) is 107 Å². The first-order chi connectivity index (χ1) is 16.9. The fraction of sp³-hybridized carbons (Fsp3) is 0.536. The fourth-order valence-corrected chi connectivity index (χ4v) is 14.7. The number of likely N-dealkylation sites (tertiary alicyclic amines) is 1. The molecule has 2 rings (SSSR count). The number of benzene rings is 1. The molecule has 0 aliphatic carbocycles. The van der Waals surface area contributed by atoms with Crippen molar-refractivity contribution in [2.75, 3.05) is 20.1 Å². The maximum absolute atomic E-state index is 8.35. The SMILES string of the molecule is CCC=CNC.CCCC.[2H][C-]=O.[CH2-]C[N+]1(C=Cc2ccccc2)CCC1/[Si](=C/C[SiH](C)C)[SiH2]C.[NH2-].[Pt]. The second-order valence-electron chi connectivity index (χ2n) is 8.94. The molecule has 1 saturated heterocycles. The molecule has 3 N–H and O–H groups in total. The molecule has 0 saturated carbocycles. The zero-order valence-corrected chi connectivity index (χ0v) is 29.9. The summed E-state index contributed by atoms with van der Waals surface area (Å²) in [5.74, 6) is 0. The Hall–Kier alpha value is -0.701. The Kier molecular flexibility index (Phi) is 31.9. The topological polar surface area (TPSA) is 62.6 Å². The van der Waals surface area contributed by atoms with Gasteiger partial charge in [0.25, 0.3) is 0 Å². The van der Waals surface area contributed by atoms with Crippen molar-refractivity contribution in [3.8, 4) is 0 Å². The predicted octanol–water partition coefficient (Wildman–Crippen LogP) is 6.08. The largest absolute Gasteiger partial charge is 0.693 e. The number of hydrogen-bond acceptors (Lipinski definition) is 2. The van der Waals surface area contributed by atoms with Crippen LogP contribution in [-0.2, 0) is 25.9 Å². The monoisotopic (exact) mass is 729 g/mol. The summed E-state index contributed by atoms with van der Waals surface area (Å²) in [6.07, 6.45) is 14.0. The van der Waals surface area contributed by atoms with Crippen molar-refractivity contribution in [3.63, 3.8) is 0 Å². The number of rotatable bonds is 10. The van der Waals surface area contributed by atoms with Crippen LogP contribution in [-0.4, -0.2) is 68.5 Å². The smallest absolute Gasteiger partial charge is 0.0945 e. The van der Waals surface area contributed by atoms with Crippen molar-refractivity contribution in [3.05, 3.63) is 67.4 Å². The molecule has 0 radical (unpaired) electrons. The molecule has 212 valence electrons. The van der Waals surface area contributed by atoms with Gasteiger partial charge < -0.3 is 20.7 Å². The number of allylic oxidation sites excluding steroid dienone is 1. The van der Waals surface area contributed by atoms with E-state index in [9.17, 15) is 0 Å². The molecule has 4 nitrogen and oxygen atoms in total.